The molecule has 1 aliphatic carbocycles. The lowest BCUT2D eigenvalue weighted by Crippen LogP contribution is -2.45. The topological polar surface area (TPSA) is 136 Å². The molecule has 4 aromatic rings. The Kier molecular flexibility index (Phi) is 10.4. The van der Waals surface area contributed by atoms with Crippen LogP contribution in [-0.2, 0) is 15.8 Å². The van der Waals surface area contributed by atoms with E-state index in [-0.39, 0.29) is 35.7 Å². The monoisotopic (exact) mass is 749 g/mol. The number of hydrogen-bond acceptors (Lipinski definition) is 8. The van der Waals surface area contributed by atoms with Gasteiger partial charge in [0.15, 0.2) is 0 Å². The second kappa shape index (κ2) is 15.0. The molecule has 1 atom stereocenters. The van der Waals surface area contributed by atoms with E-state index in [2.05, 4.69) is 27.1 Å². The molecule has 3 fully saturated rings. The minimum absolute atomic E-state index is 0.144. The summed E-state index contributed by atoms with van der Waals surface area (Å²) in [7, 11) is 3.61. The van der Waals surface area contributed by atoms with E-state index in [9.17, 15) is 27.6 Å². The first-order chi connectivity index (χ1) is 25.8. The molecule has 2 aromatic heterocycles. The van der Waals surface area contributed by atoms with Gasteiger partial charge in [-0.2, -0.15) is 18.3 Å². The van der Waals surface area contributed by atoms with Crippen LogP contribution in [0.5, 0.6) is 5.75 Å². The van der Waals surface area contributed by atoms with Gasteiger partial charge in [-0.3, -0.25) is 24.4 Å². The van der Waals surface area contributed by atoms with Gasteiger partial charge in [-0.15, -0.1) is 0 Å². The number of nitrogens with one attached hydrogen (secondary N) is 1. The van der Waals surface area contributed by atoms with E-state index in [0.717, 1.165) is 69.6 Å². The van der Waals surface area contributed by atoms with Crippen molar-refractivity contribution in [1.29, 1.82) is 0 Å². The van der Waals surface area contributed by atoms with Gasteiger partial charge < -0.3 is 20.3 Å². The summed E-state index contributed by atoms with van der Waals surface area (Å²) in [4.78, 5) is 44.0. The average molecular weight is 750 g/mol. The normalized spacial score (nSPS) is 21.5. The number of amides is 3. The molecule has 286 valence electrons. The number of pyridine rings is 1. The van der Waals surface area contributed by atoms with Crippen LogP contribution >= 0.6 is 0 Å². The lowest BCUT2D eigenvalue weighted by Gasteiger charge is -2.40. The number of anilines is 1. The first kappa shape index (κ1) is 37.3. The molecule has 2 aliphatic heterocycles. The summed E-state index contributed by atoms with van der Waals surface area (Å²) in [6.45, 7) is 2.43. The van der Waals surface area contributed by atoms with Crippen molar-refractivity contribution < 1.29 is 36.7 Å². The fourth-order valence-corrected chi connectivity index (χ4v) is 8.36. The first-order valence-corrected chi connectivity index (χ1v) is 18.3. The van der Waals surface area contributed by atoms with E-state index in [4.69, 9.17) is 15.6 Å². The Balaban J connectivity index is 0.944. The van der Waals surface area contributed by atoms with E-state index in [1.54, 1.807) is 24.3 Å². The molecule has 3 amide bonds. The molecule has 3 N–H and O–H groups in total. The second-order valence-electron chi connectivity index (χ2n) is 14.7. The van der Waals surface area contributed by atoms with Gasteiger partial charge in [0.05, 0.1) is 30.3 Å². The largest absolute Gasteiger partial charge is 0.496 e. The van der Waals surface area contributed by atoms with Crippen LogP contribution in [0.2, 0.25) is 0 Å². The van der Waals surface area contributed by atoms with Crippen molar-refractivity contribution in [3.63, 3.8) is 0 Å². The van der Waals surface area contributed by atoms with Gasteiger partial charge in [-0.05, 0) is 93.8 Å². The van der Waals surface area contributed by atoms with E-state index in [1.165, 1.54) is 19.2 Å². The number of ether oxygens (including phenoxy) is 1. The van der Waals surface area contributed by atoms with Crippen molar-refractivity contribution in [2.75, 3.05) is 38.7 Å². The lowest BCUT2D eigenvalue weighted by molar-refractivity contribution is -0.141. The molecule has 4 heterocycles. The smallest absolute Gasteiger partial charge is 0.433 e. The fraction of sp³-hybridized carbons (Fsp3) is 0.462. The maximum absolute atomic E-state index is 15.3. The van der Waals surface area contributed by atoms with Gasteiger partial charge in [-0.25, -0.2) is 9.37 Å². The molecule has 0 bridgehead atoms. The van der Waals surface area contributed by atoms with Crippen LogP contribution in [0.3, 0.4) is 0 Å². The molecule has 2 aromatic carbocycles. The quantitative estimate of drug-likeness (QED) is 0.152. The third kappa shape index (κ3) is 7.63. The molecule has 0 radical (unpaired) electrons. The number of primary amides is 1. The minimum atomic E-state index is -4.73. The van der Waals surface area contributed by atoms with Gasteiger partial charge in [0.2, 0.25) is 11.8 Å². The second-order valence-corrected chi connectivity index (χ2v) is 14.7. The van der Waals surface area contributed by atoms with Crippen LogP contribution in [0.1, 0.15) is 85.1 Å². The SMILES string of the molecule is COc1cc2nn(C3CCC(CN(C)C4CCN(c5ccc(C6CCC(=O)NC6=O)cc5F)CC4)CC3)cc2cc1-c1ccc(C(F)(F)F)nc1C(N)=O. The zero-order valence-corrected chi connectivity index (χ0v) is 30.2. The van der Waals surface area contributed by atoms with Crippen LogP contribution in [-0.4, -0.2) is 77.2 Å². The fourth-order valence-electron chi connectivity index (χ4n) is 8.36. The van der Waals surface area contributed by atoms with Crippen molar-refractivity contribution in [2.24, 2.45) is 11.7 Å². The third-order valence-corrected chi connectivity index (χ3v) is 11.3. The molecule has 3 aliphatic rings. The molecule has 11 nitrogen and oxygen atoms in total. The van der Waals surface area contributed by atoms with Gasteiger partial charge in [-0.1, -0.05) is 6.07 Å². The number of imide groups is 1. The van der Waals surface area contributed by atoms with E-state index < -0.39 is 29.4 Å². The Morgan fingerprint density at radius 1 is 1.00 bits per heavy atom. The highest BCUT2D eigenvalue weighted by Gasteiger charge is 2.35. The predicted octanol–water partition coefficient (Wildman–Crippen LogP) is 6.22. The van der Waals surface area contributed by atoms with E-state index in [0.29, 0.717) is 46.5 Å². The molecule has 1 unspecified atom stereocenters. The summed E-state index contributed by atoms with van der Waals surface area (Å²) in [5, 5.41) is 7.92. The number of aromatic nitrogens is 3. The molecule has 2 saturated heterocycles. The highest BCUT2D eigenvalue weighted by atomic mass is 19.4. The van der Waals surface area contributed by atoms with Crippen LogP contribution in [0.25, 0.3) is 22.0 Å². The first-order valence-electron chi connectivity index (χ1n) is 18.3. The van der Waals surface area contributed by atoms with Gasteiger partial charge >= 0.3 is 6.18 Å². The maximum Gasteiger partial charge on any atom is 0.433 e. The number of nitrogens with two attached hydrogens (primary N) is 1. The number of carbonyl (C=O) groups excluding carboxylic acids is 3. The summed E-state index contributed by atoms with van der Waals surface area (Å²) in [6.07, 6.45) is 3.60. The summed E-state index contributed by atoms with van der Waals surface area (Å²) in [5.41, 5.74) is 6.09. The molecular formula is C39H43F4N7O4. The summed E-state index contributed by atoms with van der Waals surface area (Å²) < 4.78 is 62.8. The number of hydrogen-bond donors (Lipinski definition) is 2. The predicted molar refractivity (Wildman–Crippen MR) is 193 cm³/mol. The van der Waals surface area contributed by atoms with Gasteiger partial charge in [0, 0.05) is 60.9 Å². The highest BCUT2D eigenvalue weighted by Crippen LogP contribution is 2.39. The summed E-state index contributed by atoms with van der Waals surface area (Å²) in [5.74, 6) is -1.74. The number of rotatable bonds is 9. The Hall–Kier alpha value is -5.05. The number of benzene rings is 2. The Bertz CT molecular complexity index is 2070. The van der Waals surface area contributed by atoms with Crippen molar-refractivity contribution in [1.82, 2.24) is 25.0 Å². The standard InChI is InChI=1S/C39H43F4N7O4/c1-48(25-13-15-49(16-14-25)32-10-5-23(18-30(32)40)27-9-12-35(51)46-38(27)53)20-22-3-6-26(7-4-22)50-21-24-17-29(33(54-2)19-31(24)47-50)28-8-11-34(39(41,42)43)45-36(28)37(44)52/h5,8,10-11,17-19,21-22,25-27H,3-4,6-7,9,12-16,20H2,1-2H3,(H2,44,52)(H,46,51,53). The number of halogens is 4. The van der Waals surface area contributed by atoms with Crippen LogP contribution < -0.4 is 20.7 Å². The molecule has 7 rings (SSSR count). The summed E-state index contributed by atoms with van der Waals surface area (Å²) >= 11 is 0. The van der Waals surface area contributed by atoms with Crippen molar-refractivity contribution in [2.45, 2.75) is 75.5 Å². The van der Waals surface area contributed by atoms with Crippen LogP contribution in [0.15, 0.2) is 48.7 Å². The highest BCUT2D eigenvalue weighted by molar-refractivity contribution is 6.01. The maximum atomic E-state index is 15.3. The third-order valence-electron chi connectivity index (χ3n) is 11.3. The zero-order valence-electron chi connectivity index (χ0n) is 30.2. The summed E-state index contributed by atoms with van der Waals surface area (Å²) in [6, 6.07) is 11.0. The Morgan fingerprint density at radius 3 is 2.39 bits per heavy atom. The van der Waals surface area contributed by atoms with Crippen LogP contribution in [0, 0.1) is 11.7 Å². The number of carbonyl (C=O) groups is 3. The van der Waals surface area contributed by atoms with Gasteiger partial charge in [0.25, 0.3) is 5.91 Å². The molecule has 54 heavy (non-hydrogen) atoms. The van der Waals surface area contributed by atoms with Crippen molar-refractivity contribution >= 4 is 34.3 Å². The lowest BCUT2D eigenvalue weighted by atomic mass is 9.85. The zero-order chi connectivity index (χ0) is 38.3. The number of nitrogens with zero attached hydrogens (tertiary/aromatic N) is 5. The van der Waals surface area contributed by atoms with E-state index in [1.807, 2.05) is 10.9 Å². The number of fused-ring (bicyclic) bond motifs is 1. The molecular weight excluding hydrogens is 706 g/mol. The number of piperidine rings is 2. The Labute approximate surface area is 309 Å². The van der Waals surface area contributed by atoms with Gasteiger partial charge in [0.1, 0.15) is 23.0 Å². The molecule has 1 saturated carbocycles. The van der Waals surface area contributed by atoms with E-state index >= 15 is 4.39 Å². The average Bonchev–Trinajstić information content (AvgIpc) is 3.57. The van der Waals surface area contributed by atoms with Crippen LogP contribution in [0.4, 0.5) is 23.2 Å². The number of methoxy groups -OCH3 is 1. The van der Waals surface area contributed by atoms with Crippen molar-refractivity contribution in [3.8, 4) is 16.9 Å². The Morgan fingerprint density at radius 2 is 1.74 bits per heavy atom. The molecule has 15 heteroatoms. The number of alkyl halides is 3. The van der Waals surface area contributed by atoms with Crippen molar-refractivity contribution in [3.05, 3.63) is 71.4 Å². The molecule has 0 spiro atoms. The minimum Gasteiger partial charge on any atom is -0.496 e.